The second-order valence-electron chi connectivity index (χ2n) is 9.23. The van der Waals surface area contributed by atoms with E-state index in [0.717, 1.165) is 70.5 Å². The first kappa shape index (κ1) is 22.2. The van der Waals surface area contributed by atoms with Gasteiger partial charge in [-0.25, -0.2) is 9.97 Å². The van der Waals surface area contributed by atoms with Crippen molar-refractivity contribution >= 4 is 5.95 Å². The van der Waals surface area contributed by atoms with Crippen molar-refractivity contribution in [2.45, 2.75) is 64.5 Å². The summed E-state index contributed by atoms with van der Waals surface area (Å²) < 4.78 is 0. The van der Waals surface area contributed by atoms with Crippen LogP contribution in [0.1, 0.15) is 50.8 Å². The van der Waals surface area contributed by atoms with Gasteiger partial charge in [-0.1, -0.05) is 44.2 Å². The van der Waals surface area contributed by atoms with Crippen LogP contribution in [-0.2, 0) is 12.8 Å². The van der Waals surface area contributed by atoms with E-state index in [1.54, 1.807) is 0 Å². The maximum atomic E-state index is 5.03. The van der Waals surface area contributed by atoms with Crippen molar-refractivity contribution < 1.29 is 0 Å². The van der Waals surface area contributed by atoms with Crippen molar-refractivity contribution in [2.24, 2.45) is 0 Å². The molecule has 1 aromatic heterocycles. The summed E-state index contributed by atoms with van der Waals surface area (Å²) in [5, 5.41) is 0. The van der Waals surface area contributed by atoms with Gasteiger partial charge in [0.05, 0.1) is 5.69 Å². The monoisotopic (exact) mass is 421 g/mol. The molecule has 1 saturated carbocycles. The number of allylic oxidation sites excluding steroid dienone is 3. The van der Waals surface area contributed by atoms with E-state index in [9.17, 15) is 0 Å². The zero-order valence-corrected chi connectivity index (χ0v) is 19.5. The van der Waals surface area contributed by atoms with Crippen LogP contribution in [0.4, 0.5) is 5.95 Å². The number of nitrogens with zero attached hydrogens (tertiary/aromatic N) is 5. The molecule has 0 spiro atoms. The molecule has 1 aromatic rings. The minimum Gasteiger partial charge on any atom is -0.338 e. The molecular weight excluding hydrogens is 382 g/mol. The molecule has 5 heteroatoms. The van der Waals surface area contributed by atoms with Crippen LogP contribution in [0.2, 0.25) is 0 Å². The lowest BCUT2D eigenvalue weighted by Crippen LogP contribution is -2.52. The molecule has 1 unspecified atom stereocenters. The summed E-state index contributed by atoms with van der Waals surface area (Å²) in [5.74, 6) is 0.934. The number of hydrogen-bond donors (Lipinski definition) is 0. The first-order valence-electron chi connectivity index (χ1n) is 12.3. The highest BCUT2D eigenvalue weighted by Crippen LogP contribution is 2.26. The molecule has 0 amide bonds. The third-order valence-electron chi connectivity index (χ3n) is 7.31. The second-order valence-corrected chi connectivity index (χ2v) is 9.23. The first-order chi connectivity index (χ1) is 15.2. The minimum absolute atomic E-state index is 0.340. The van der Waals surface area contributed by atoms with Crippen molar-refractivity contribution in [1.82, 2.24) is 19.8 Å². The van der Waals surface area contributed by atoms with Crippen LogP contribution in [-0.4, -0.2) is 71.1 Å². The highest BCUT2D eigenvalue weighted by Gasteiger charge is 2.29. The Labute approximate surface area is 188 Å². The molecule has 2 fully saturated rings. The Kier molecular flexibility index (Phi) is 7.57. The van der Waals surface area contributed by atoms with Gasteiger partial charge in [-0.3, -0.25) is 9.80 Å². The molecule has 1 saturated heterocycles. The summed E-state index contributed by atoms with van der Waals surface area (Å²) >= 11 is 0. The van der Waals surface area contributed by atoms with Crippen LogP contribution < -0.4 is 4.90 Å². The number of piperazine rings is 1. The third-order valence-corrected chi connectivity index (χ3v) is 7.31. The van der Waals surface area contributed by atoms with Crippen molar-refractivity contribution in [3.63, 3.8) is 0 Å². The summed E-state index contributed by atoms with van der Waals surface area (Å²) in [4.78, 5) is 17.4. The highest BCUT2D eigenvalue weighted by atomic mass is 15.3. The lowest BCUT2D eigenvalue weighted by atomic mass is 9.91. The molecule has 0 N–H and O–H groups in total. The lowest BCUT2D eigenvalue weighted by molar-refractivity contribution is 0.120. The van der Waals surface area contributed by atoms with E-state index >= 15 is 0 Å². The average Bonchev–Trinajstić information content (AvgIpc) is 2.97. The Morgan fingerprint density at radius 2 is 1.90 bits per heavy atom. The highest BCUT2D eigenvalue weighted by molar-refractivity contribution is 5.35. The van der Waals surface area contributed by atoms with Crippen LogP contribution >= 0.6 is 0 Å². The van der Waals surface area contributed by atoms with E-state index < -0.39 is 0 Å². The van der Waals surface area contributed by atoms with Crippen LogP contribution in [0.25, 0.3) is 0 Å². The molecule has 5 nitrogen and oxygen atoms in total. The van der Waals surface area contributed by atoms with Gasteiger partial charge in [0.1, 0.15) is 0 Å². The molecule has 1 atom stereocenters. The number of fused-ring (bicyclic) bond motifs is 1. The normalized spacial score (nSPS) is 22.5. The third kappa shape index (κ3) is 5.45. The summed E-state index contributed by atoms with van der Waals surface area (Å²) in [7, 11) is 0. The van der Waals surface area contributed by atoms with Gasteiger partial charge in [-0.2, -0.15) is 0 Å². The quantitative estimate of drug-likeness (QED) is 0.622. The van der Waals surface area contributed by atoms with E-state index in [0.29, 0.717) is 6.04 Å². The molecule has 3 heterocycles. The number of rotatable bonds is 7. The van der Waals surface area contributed by atoms with E-state index in [1.165, 1.54) is 36.1 Å². The maximum absolute atomic E-state index is 5.03. The Bertz CT molecular complexity index is 802. The van der Waals surface area contributed by atoms with Crippen LogP contribution in [0.5, 0.6) is 0 Å². The fourth-order valence-corrected chi connectivity index (χ4v) is 4.83. The molecule has 1 aliphatic carbocycles. The maximum Gasteiger partial charge on any atom is 0.225 e. The number of aromatic nitrogens is 2. The molecule has 31 heavy (non-hydrogen) atoms. The topological polar surface area (TPSA) is 35.5 Å². The van der Waals surface area contributed by atoms with E-state index in [1.807, 2.05) is 0 Å². The Morgan fingerprint density at radius 3 is 2.61 bits per heavy atom. The number of hydrogen-bond acceptors (Lipinski definition) is 5. The van der Waals surface area contributed by atoms with Gasteiger partial charge in [-0.15, -0.1) is 0 Å². The van der Waals surface area contributed by atoms with Crippen molar-refractivity contribution in [3.05, 3.63) is 53.9 Å². The molecule has 2 aliphatic heterocycles. The van der Waals surface area contributed by atoms with Gasteiger partial charge < -0.3 is 4.90 Å². The van der Waals surface area contributed by atoms with Gasteiger partial charge in [-0.05, 0) is 43.7 Å². The van der Waals surface area contributed by atoms with Crippen LogP contribution in [0.3, 0.4) is 0 Å². The standard InChI is InChI=1S/C26H39N5/c1-4-5-6-7-9-21(2)22(3)29-14-12-23-20-27-26(28-25(23)13-15-29)31-18-16-30(17-19-31)24-10-8-11-24/h5-7,9,20,22,24H,2,4,8,10-19H2,1,3H3/b6-5-,9-7-. The van der Waals surface area contributed by atoms with Gasteiger partial charge in [0, 0.05) is 64.0 Å². The Hall–Kier alpha value is -1.98. The molecule has 0 bridgehead atoms. The molecule has 0 aromatic carbocycles. The zero-order valence-electron chi connectivity index (χ0n) is 19.5. The largest absolute Gasteiger partial charge is 0.338 e. The van der Waals surface area contributed by atoms with E-state index in [-0.39, 0.29) is 0 Å². The second kappa shape index (κ2) is 10.6. The van der Waals surface area contributed by atoms with Gasteiger partial charge in [0.25, 0.3) is 0 Å². The average molecular weight is 422 g/mol. The van der Waals surface area contributed by atoms with Crippen molar-refractivity contribution in [2.75, 3.05) is 44.2 Å². The predicted octanol–water partition coefficient (Wildman–Crippen LogP) is 4.02. The zero-order chi connectivity index (χ0) is 21.6. The van der Waals surface area contributed by atoms with E-state index in [2.05, 4.69) is 65.6 Å². The SMILES string of the molecule is C=C(/C=C\C=C/CC)C(C)N1CCc2cnc(N3CCN(C4CCC4)CC3)nc2CC1. The summed E-state index contributed by atoms with van der Waals surface area (Å²) in [6.07, 6.45) is 17.9. The van der Waals surface area contributed by atoms with Crippen molar-refractivity contribution in [1.29, 1.82) is 0 Å². The Morgan fingerprint density at radius 1 is 1.13 bits per heavy atom. The fourth-order valence-electron chi connectivity index (χ4n) is 4.83. The van der Waals surface area contributed by atoms with Gasteiger partial charge in [0.2, 0.25) is 5.95 Å². The molecule has 4 rings (SSSR count). The van der Waals surface area contributed by atoms with Crippen LogP contribution in [0.15, 0.2) is 42.7 Å². The Balaban J connectivity index is 1.33. The minimum atomic E-state index is 0.340. The summed E-state index contributed by atoms with van der Waals surface area (Å²) in [6, 6.07) is 1.18. The number of anilines is 1. The van der Waals surface area contributed by atoms with E-state index in [4.69, 9.17) is 9.97 Å². The molecule has 0 radical (unpaired) electrons. The molecular formula is C26H39N5. The summed E-state index contributed by atoms with van der Waals surface area (Å²) in [6.45, 7) is 15.2. The van der Waals surface area contributed by atoms with Crippen molar-refractivity contribution in [3.8, 4) is 0 Å². The molecule has 168 valence electrons. The first-order valence-corrected chi connectivity index (χ1v) is 12.3. The predicted molar refractivity (Wildman–Crippen MR) is 130 cm³/mol. The van der Waals surface area contributed by atoms with Gasteiger partial charge >= 0.3 is 0 Å². The smallest absolute Gasteiger partial charge is 0.225 e. The lowest BCUT2D eigenvalue weighted by Gasteiger charge is -2.43. The van der Waals surface area contributed by atoms with Gasteiger partial charge in [0.15, 0.2) is 0 Å². The summed E-state index contributed by atoms with van der Waals surface area (Å²) in [5.41, 5.74) is 3.73. The molecule has 3 aliphatic rings. The fraction of sp³-hybridized carbons (Fsp3) is 0.615. The van der Waals surface area contributed by atoms with Crippen LogP contribution in [0, 0.1) is 0 Å².